The molecule has 0 aromatic heterocycles. The van der Waals surface area contributed by atoms with E-state index < -0.39 is 0 Å². The van der Waals surface area contributed by atoms with Gasteiger partial charge in [-0.3, -0.25) is 10.2 Å². The molecule has 0 bridgehead atoms. The number of carbonyl (C=O) groups is 1. The number of nitrogen functional groups attached to an aromatic ring is 1. The van der Waals surface area contributed by atoms with Crippen molar-refractivity contribution in [2.24, 2.45) is 5.84 Å². The lowest BCUT2D eigenvalue weighted by Crippen LogP contribution is -2.29. The Balaban J connectivity index is 2.32. The average Bonchev–Trinajstić information content (AvgIpc) is 2.42. The van der Waals surface area contributed by atoms with Crippen LogP contribution in [0.1, 0.15) is 16.8 Å². The fourth-order valence-corrected chi connectivity index (χ4v) is 2.04. The number of benzene rings is 1. The summed E-state index contributed by atoms with van der Waals surface area (Å²) in [5.41, 5.74) is 2.55. The van der Waals surface area contributed by atoms with Crippen molar-refractivity contribution >= 4 is 17.7 Å². The molecule has 0 atom stereocenters. The molecule has 0 saturated heterocycles. The van der Waals surface area contributed by atoms with E-state index in [-0.39, 0.29) is 12.5 Å². The molecule has 1 rings (SSSR count). The second-order valence-electron chi connectivity index (χ2n) is 3.54. The highest BCUT2D eigenvalue weighted by Crippen LogP contribution is 2.13. The van der Waals surface area contributed by atoms with Gasteiger partial charge >= 0.3 is 0 Å². The van der Waals surface area contributed by atoms with Gasteiger partial charge in [-0.25, -0.2) is 5.84 Å². The molecule has 1 aromatic carbocycles. The van der Waals surface area contributed by atoms with E-state index in [1.807, 2.05) is 0 Å². The van der Waals surface area contributed by atoms with Crippen LogP contribution in [-0.2, 0) is 0 Å². The fourth-order valence-electron chi connectivity index (χ4n) is 1.30. The van der Waals surface area contributed by atoms with E-state index in [9.17, 15) is 4.79 Å². The van der Waals surface area contributed by atoms with Crippen LogP contribution in [0.2, 0.25) is 0 Å². The minimum atomic E-state index is -0.335. The predicted octanol–water partition coefficient (Wildman–Crippen LogP) is 0.784. The maximum atomic E-state index is 11.3. The van der Waals surface area contributed by atoms with E-state index in [1.165, 1.54) is 0 Å². The zero-order valence-corrected chi connectivity index (χ0v) is 10.9. The molecule has 1 aromatic rings. The SMILES string of the molecule is NNC(=O)c1cccc(OCCSCCCO)c1. The van der Waals surface area contributed by atoms with Crippen LogP contribution in [0.3, 0.4) is 0 Å². The first-order chi connectivity index (χ1) is 8.77. The third-order valence-corrected chi connectivity index (χ3v) is 3.20. The summed E-state index contributed by atoms with van der Waals surface area (Å²) in [5, 5.41) is 8.61. The van der Waals surface area contributed by atoms with Gasteiger partial charge < -0.3 is 9.84 Å². The normalized spacial score (nSPS) is 10.1. The zero-order chi connectivity index (χ0) is 13.2. The number of thioether (sulfide) groups is 1. The molecular formula is C12H18N2O3S. The second kappa shape index (κ2) is 8.79. The Morgan fingerprint density at radius 1 is 1.44 bits per heavy atom. The molecule has 100 valence electrons. The number of rotatable bonds is 8. The smallest absolute Gasteiger partial charge is 0.265 e. The van der Waals surface area contributed by atoms with Crippen molar-refractivity contribution in [1.82, 2.24) is 5.43 Å². The van der Waals surface area contributed by atoms with Crippen LogP contribution < -0.4 is 16.0 Å². The Morgan fingerprint density at radius 2 is 2.28 bits per heavy atom. The first-order valence-corrected chi connectivity index (χ1v) is 6.86. The van der Waals surface area contributed by atoms with E-state index in [1.54, 1.807) is 36.0 Å². The van der Waals surface area contributed by atoms with Crippen molar-refractivity contribution in [3.05, 3.63) is 29.8 Å². The fraction of sp³-hybridized carbons (Fsp3) is 0.417. The van der Waals surface area contributed by atoms with Gasteiger partial charge in [0.25, 0.3) is 5.91 Å². The maximum absolute atomic E-state index is 11.3. The van der Waals surface area contributed by atoms with Gasteiger partial charge in [0.05, 0.1) is 6.61 Å². The summed E-state index contributed by atoms with van der Waals surface area (Å²) in [6, 6.07) is 6.87. The number of hydrazine groups is 1. The molecule has 1 amide bonds. The number of hydrogen-bond donors (Lipinski definition) is 3. The standard InChI is InChI=1S/C12H18N2O3S/c13-14-12(16)10-3-1-4-11(9-10)17-6-8-18-7-2-5-15/h1,3-4,9,15H,2,5-8,13H2,(H,14,16). The number of amides is 1. The summed E-state index contributed by atoms with van der Waals surface area (Å²) < 4.78 is 5.52. The van der Waals surface area contributed by atoms with Gasteiger partial charge in [0, 0.05) is 17.9 Å². The monoisotopic (exact) mass is 270 g/mol. The Morgan fingerprint density at radius 3 is 3.00 bits per heavy atom. The largest absolute Gasteiger partial charge is 0.493 e. The third-order valence-electron chi connectivity index (χ3n) is 2.17. The van der Waals surface area contributed by atoms with Crippen LogP contribution in [0.5, 0.6) is 5.75 Å². The van der Waals surface area contributed by atoms with E-state index in [4.69, 9.17) is 15.7 Å². The van der Waals surface area contributed by atoms with E-state index in [2.05, 4.69) is 5.43 Å². The Kier molecular flexibility index (Phi) is 7.24. The van der Waals surface area contributed by atoms with Gasteiger partial charge in [-0.2, -0.15) is 11.8 Å². The molecular weight excluding hydrogens is 252 g/mol. The molecule has 0 aliphatic rings. The Labute approximate surface area is 111 Å². The first kappa shape index (κ1) is 14.8. The molecule has 0 unspecified atom stereocenters. The van der Waals surface area contributed by atoms with Gasteiger partial charge in [0.15, 0.2) is 0 Å². The maximum Gasteiger partial charge on any atom is 0.265 e. The molecule has 0 radical (unpaired) electrons. The lowest BCUT2D eigenvalue weighted by Gasteiger charge is -2.07. The summed E-state index contributed by atoms with van der Waals surface area (Å²) in [5.74, 6) is 7.16. The van der Waals surface area contributed by atoms with E-state index in [0.717, 1.165) is 17.9 Å². The van der Waals surface area contributed by atoms with Gasteiger partial charge in [-0.15, -0.1) is 0 Å². The van der Waals surface area contributed by atoms with Gasteiger partial charge in [0.1, 0.15) is 5.75 Å². The Bertz CT molecular complexity index is 374. The topological polar surface area (TPSA) is 84.6 Å². The van der Waals surface area contributed by atoms with E-state index >= 15 is 0 Å². The number of nitrogens with two attached hydrogens (primary N) is 1. The van der Waals surface area contributed by atoms with Gasteiger partial charge in [-0.05, 0) is 30.4 Å². The minimum Gasteiger partial charge on any atom is -0.493 e. The van der Waals surface area contributed by atoms with Crippen LogP contribution in [0.4, 0.5) is 0 Å². The van der Waals surface area contributed by atoms with Gasteiger partial charge in [0.2, 0.25) is 0 Å². The van der Waals surface area contributed by atoms with Crippen molar-refractivity contribution in [3.63, 3.8) is 0 Å². The van der Waals surface area contributed by atoms with Crippen molar-refractivity contribution in [2.75, 3.05) is 24.7 Å². The lowest BCUT2D eigenvalue weighted by molar-refractivity contribution is 0.0953. The first-order valence-electron chi connectivity index (χ1n) is 5.70. The van der Waals surface area contributed by atoms with Crippen LogP contribution in [0, 0.1) is 0 Å². The molecule has 5 nitrogen and oxygen atoms in total. The number of aliphatic hydroxyl groups excluding tert-OH is 1. The summed E-state index contributed by atoms with van der Waals surface area (Å²) in [6.45, 7) is 0.799. The second-order valence-corrected chi connectivity index (χ2v) is 4.76. The summed E-state index contributed by atoms with van der Waals surface area (Å²) in [4.78, 5) is 11.3. The molecule has 0 saturated carbocycles. The van der Waals surface area contributed by atoms with Crippen LogP contribution in [-0.4, -0.2) is 35.7 Å². The van der Waals surface area contributed by atoms with Crippen molar-refractivity contribution in [2.45, 2.75) is 6.42 Å². The van der Waals surface area contributed by atoms with Crippen molar-refractivity contribution < 1.29 is 14.6 Å². The summed E-state index contributed by atoms with van der Waals surface area (Å²) in [6.07, 6.45) is 0.802. The number of ether oxygens (including phenoxy) is 1. The minimum absolute atomic E-state index is 0.226. The summed E-state index contributed by atoms with van der Waals surface area (Å²) >= 11 is 1.73. The molecule has 0 fully saturated rings. The molecule has 6 heteroatoms. The highest BCUT2D eigenvalue weighted by molar-refractivity contribution is 7.99. The van der Waals surface area contributed by atoms with Crippen molar-refractivity contribution in [3.8, 4) is 5.75 Å². The van der Waals surface area contributed by atoms with Crippen molar-refractivity contribution in [1.29, 1.82) is 0 Å². The van der Waals surface area contributed by atoms with Crippen LogP contribution in [0.15, 0.2) is 24.3 Å². The third kappa shape index (κ3) is 5.39. The molecule has 18 heavy (non-hydrogen) atoms. The van der Waals surface area contributed by atoms with E-state index in [0.29, 0.717) is 17.9 Å². The number of hydrogen-bond acceptors (Lipinski definition) is 5. The number of nitrogens with one attached hydrogen (secondary N) is 1. The number of aliphatic hydroxyl groups is 1. The molecule has 0 heterocycles. The quantitative estimate of drug-likeness (QED) is 0.281. The molecule has 4 N–H and O–H groups in total. The molecule has 0 spiro atoms. The zero-order valence-electron chi connectivity index (χ0n) is 10.1. The average molecular weight is 270 g/mol. The molecule has 0 aliphatic carbocycles. The van der Waals surface area contributed by atoms with Gasteiger partial charge in [-0.1, -0.05) is 6.07 Å². The Hall–Kier alpha value is -1.24. The predicted molar refractivity (Wildman–Crippen MR) is 72.6 cm³/mol. The highest BCUT2D eigenvalue weighted by Gasteiger charge is 2.04. The van der Waals surface area contributed by atoms with Crippen LogP contribution in [0.25, 0.3) is 0 Å². The van der Waals surface area contributed by atoms with Crippen LogP contribution >= 0.6 is 11.8 Å². The highest BCUT2D eigenvalue weighted by atomic mass is 32.2. The molecule has 0 aliphatic heterocycles. The summed E-state index contributed by atoms with van der Waals surface area (Å²) in [7, 11) is 0. The number of carbonyl (C=O) groups excluding carboxylic acids is 1. The lowest BCUT2D eigenvalue weighted by atomic mass is 10.2.